The Kier molecular flexibility index (Phi) is 4.14. The molecule has 0 radical (unpaired) electrons. The van der Waals surface area contributed by atoms with Crippen LogP contribution in [0, 0.1) is 11.6 Å². The fraction of sp³-hybridized carbons (Fsp3) is 0.0588. The molecule has 0 aliphatic heterocycles. The molecule has 23 heavy (non-hydrogen) atoms. The van der Waals surface area contributed by atoms with E-state index in [9.17, 15) is 8.78 Å². The third-order valence-corrected chi connectivity index (χ3v) is 3.19. The minimum absolute atomic E-state index is 0.108. The van der Waals surface area contributed by atoms with E-state index in [0.29, 0.717) is 17.9 Å². The zero-order valence-electron chi connectivity index (χ0n) is 12.2. The first-order valence-corrected chi connectivity index (χ1v) is 7.01. The predicted octanol–water partition coefficient (Wildman–Crippen LogP) is 4.25. The third-order valence-electron chi connectivity index (χ3n) is 3.19. The largest absolute Gasteiger partial charge is 0.366 e. The maximum atomic E-state index is 13.8. The summed E-state index contributed by atoms with van der Waals surface area (Å²) in [7, 11) is 0. The molecule has 6 heteroatoms. The van der Waals surface area contributed by atoms with Gasteiger partial charge in [-0.2, -0.15) is 4.98 Å². The van der Waals surface area contributed by atoms with Crippen molar-refractivity contribution in [3.05, 3.63) is 66.8 Å². The van der Waals surface area contributed by atoms with E-state index in [1.54, 1.807) is 6.08 Å². The molecule has 0 bridgehead atoms. The molecular formula is C17H14F2N4. The number of halogens is 2. The summed E-state index contributed by atoms with van der Waals surface area (Å²) in [5.41, 5.74) is 0.815. The molecule has 0 unspecified atom stereocenters. The first kappa shape index (κ1) is 14.9. The van der Waals surface area contributed by atoms with Crippen LogP contribution < -0.4 is 10.6 Å². The Hall–Kier alpha value is -3.02. The van der Waals surface area contributed by atoms with Gasteiger partial charge >= 0.3 is 0 Å². The molecule has 0 saturated heterocycles. The number of nitrogens with zero attached hydrogens (tertiary/aromatic N) is 2. The molecule has 0 fully saturated rings. The van der Waals surface area contributed by atoms with Crippen LogP contribution in [0.1, 0.15) is 0 Å². The monoisotopic (exact) mass is 312 g/mol. The van der Waals surface area contributed by atoms with E-state index in [1.807, 2.05) is 24.3 Å². The number of anilines is 3. The van der Waals surface area contributed by atoms with E-state index in [4.69, 9.17) is 0 Å². The van der Waals surface area contributed by atoms with Gasteiger partial charge in [0.25, 0.3) is 0 Å². The number of aromatic nitrogens is 2. The van der Waals surface area contributed by atoms with E-state index in [-0.39, 0.29) is 11.6 Å². The summed E-state index contributed by atoms with van der Waals surface area (Å²) >= 11 is 0. The summed E-state index contributed by atoms with van der Waals surface area (Å²) in [6, 6.07) is 10.8. The molecule has 1 heterocycles. The zero-order chi connectivity index (χ0) is 16.2. The third kappa shape index (κ3) is 3.26. The van der Waals surface area contributed by atoms with Crippen molar-refractivity contribution in [2.24, 2.45) is 0 Å². The summed E-state index contributed by atoms with van der Waals surface area (Å²) in [5, 5.41) is 6.75. The molecule has 1 aromatic heterocycles. The van der Waals surface area contributed by atoms with Crippen molar-refractivity contribution >= 4 is 28.4 Å². The molecule has 0 aliphatic rings. The second-order valence-electron chi connectivity index (χ2n) is 4.83. The Bertz CT molecular complexity index is 864. The van der Waals surface area contributed by atoms with E-state index in [0.717, 1.165) is 11.5 Å². The first-order valence-electron chi connectivity index (χ1n) is 7.01. The molecule has 2 aromatic carbocycles. The molecule has 4 nitrogen and oxygen atoms in total. The van der Waals surface area contributed by atoms with Crippen LogP contribution in [0.2, 0.25) is 0 Å². The maximum absolute atomic E-state index is 13.8. The predicted molar refractivity (Wildman–Crippen MR) is 87.9 cm³/mol. The number of fused-ring (bicyclic) bond motifs is 1. The molecule has 0 atom stereocenters. The number of hydrogen-bond donors (Lipinski definition) is 2. The Morgan fingerprint density at radius 2 is 1.91 bits per heavy atom. The average Bonchev–Trinajstić information content (AvgIpc) is 2.55. The second-order valence-corrected chi connectivity index (χ2v) is 4.83. The zero-order valence-corrected chi connectivity index (χ0v) is 12.2. The van der Waals surface area contributed by atoms with Gasteiger partial charge in [0.15, 0.2) is 0 Å². The molecule has 2 N–H and O–H groups in total. The van der Waals surface area contributed by atoms with Gasteiger partial charge in [0.2, 0.25) is 5.95 Å². The second kappa shape index (κ2) is 6.39. The van der Waals surface area contributed by atoms with Crippen LogP contribution in [0.4, 0.5) is 26.2 Å². The SMILES string of the molecule is C=CCNc1nc(Nc2ccc(F)cc2F)nc2ccccc12. The highest BCUT2D eigenvalue weighted by Crippen LogP contribution is 2.24. The molecule has 0 saturated carbocycles. The lowest BCUT2D eigenvalue weighted by molar-refractivity contribution is 0.586. The van der Waals surface area contributed by atoms with Gasteiger partial charge in [-0.15, -0.1) is 6.58 Å². The van der Waals surface area contributed by atoms with Crippen LogP contribution in [-0.2, 0) is 0 Å². The van der Waals surface area contributed by atoms with E-state index < -0.39 is 11.6 Å². The molecule has 3 rings (SSSR count). The van der Waals surface area contributed by atoms with Gasteiger partial charge in [0.05, 0.1) is 11.2 Å². The quantitative estimate of drug-likeness (QED) is 0.692. The van der Waals surface area contributed by atoms with Crippen molar-refractivity contribution in [3.63, 3.8) is 0 Å². The summed E-state index contributed by atoms with van der Waals surface area (Å²) in [6.45, 7) is 4.19. The van der Waals surface area contributed by atoms with Gasteiger partial charge in [-0.25, -0.2) is 13.8 Å². The highest BCUT2D eigenvalue weighted by Gasteiger charge is 2.09. The Balaban J connectivity index is 2.01. The highest BCUT2D eigenvalue weighted by atomic mass is 19.1. The van der Waals surface area contributed by atoms with Gasteiger partial charge in [-0.1, -0.05) is 18.2 Å². The normalized spacial score (nSPS) is 10.5. The van der Waals surface area contributed by atoms with E-state index >= 15 is 0 Å². The van der Waals surface area contributed by atoms with Gasteiger partial charge in [-0.05, 0) is 24.3 Å². The van der Waals surface area contributed by atoms with Crippen molar-refractivity contribution in [2.75, 3.05) is 17.2 Å². The Labute approximate surface area is 131 Å². The fourth-order valence-electron chi connectivity index (χ4n) is 2.15. The lowest BCUT2D eigenvalue weighted by Crippen LogP contribution is -2.06. The van der Waals surface area contributed by atoms with E-state index in [1.165, 1.54) is 12.1 Å². The summed E-state index contributed by atoms with van der Waals surface area (Å²) in [6.07, 6.45) is 1.71. The van der Waals surface area contributed by atoms with Gasteiger partial charge in [0, 0.05) is 18.0 Å². The van der Waals surface area contributed by atoms with Crippen molar-refractivity contribution < 1.29 is 8.78 Å². The molecule has 0 amide bonds. The van der Waals surface area contributed by atoms with Crippen molar-refractivity contribution in [2.45, 2.75) is 0 Å². The van der Waals surface area contributed by atoms with Crippen LogP contribution in [0.3, 0.4) is 0 Å². The standard InChI is InChI=1S/C17H14F2N4/c1-2-9-20-16-12-5-3-4-6-14(12)21-17(23-16)22-15-8-7-11(18)10-13(15)19/h2-8,10H,1,9H2,(H2,20,21,22,23). The van der Waals surface area contributed by atoms with Crippen molar-refractivity contribution in [1.29, 1.82) is 0 Å². The van der Waals surface area contributed by atoms with Gasteiger partial charge < -0.3 is 10.6 Å². The summed E-state index contributed by atoms with van der Waals surface area (Å²) < 4.78 is 26.7. The van der Waals surface area contributed by atoms with Crippen LogP contribution in [0.5, 0.6) is 0 Å². The molecule has 3 aromatic rings. The lowest BCUT2D eigenvalue weighted by Gasteiger charge is -2.11. The lowest BCUT2D eigenvalue weighted by atomic mass is 10.2. The molecule has 116 valence electrons. The minimum Gasteiger partial charge on any atom is -0.366 e. The number of hydrogen-bond acceptors (Lipinski definition) is 4. The van der Waals surface area contributed by atoms with Crippen LogP contribution in [0.15, 0.2) is 55.1 Å². The molecular weight excluding hydrogens is 298 g/mol. The van der Waals surface area contributed by atoms with Crippen molar-refractivity contribution in [3.8, 4) is 0 Å². The molecule has 0 spiro atoms. The topological polar surface area (TPSA) is 49.8 Å². The summed E-state index contributed by atoms with van der Waals surface area (Å²) in [5.74, 6) is -0.510. The number of rotatable bonds is 5. The Morgan fingerprint density at radius 3 is 2.70 bits per heavy atom. The minimum atomic E-state index is -0.706. The average molecular weight is 312 g/mol. The summed E-state index contributed by atoms with van der Waals surface area (Å²) in [4.78, 5) is 8.71. The number of para-hydroxylation sites is 1. The number of benzene rings is 2. The van der Waals surface area contributed by atoms with E-state index in [2.05, 4.69) is 27.2 Å². The Morgan fingerprint density at radius 1 is 1.09 bits per heavy atom. The number of nitrogens with one attached hydrogen (secondary N) is 2. The fourth-order valence-corrected chi connectivity index (χ4v) is 2.15. The van der Waals surface area contributed by atoms with Crippen LogP contribution in [0.25, 0.3) is 10.9 Å². The van der Waals surface area contributed by atoms with Crippen molar-refractivity contribution in [1.82, 2.24) is 9.97 Å². The maximum Gasteiger partial charge on any atom is 0.229 e. The van der Waals surface area contributed by atoms with Crippen LogP contribution in [-0.4, -0.2) is 16.5 Å². The molecule has 0 aliphatic carbocycles. The first-order chi connectivity index (χ1) is 11.2. The highest BCUT2D eigenvalue weighted by molar-refractivity contribution is 5.90. The van der Waals surface area contributed by atoms with Crippen LogP contribution >= 0.6 is 0 Å². The van der Waals surface area contributed by atoms with Gasteiger partial charge in [-0.3, -0.25) is 0 Å². The van der Waals surface area contributed by atoms with Gasteiger partial charge in [0.1, 0.15) is 17.5 Å². The smallest absolute Gasteiger partial charge is 0.229 e.